The molecular formula is C19H37NO3. The Morgan fingerprint density at radius 3 is 1.70 bits per heavy atom. The van der Waals surface area contributed by atoms with E-state index in [1.807, 2.05) is 13.8 Å². The molecule has 0 aromatic carbocycles. The molecule has 0 aliphatic rings. The van der Waals surface area contributed by atoms with Gasteiger partial charge < -0.3 is 10.5 Å². The van der Waals surface area contributed by atoms with E-state index in [4.69, 9.17) is 10.5 Å². The fraction of sp³-hybridized carbons (Fsp3) is 0.895. The average Bonchev–Trinajstić information content (AvgIpc) is 2.51. The second-order valence-electron chi connectivity index (χ2n) is 6.85. The first-order valence-electron chi connectivity index (χ1n) is 9.49. The molecule has 0 spiro atoms. The van der Waals surface area contributed by atoms with Gasteiger partial charge in [0.15, 0.2) is 0 Å². The van der Waals surface area contributed by atoms with Crippen molar-refractivity contribution in [2.75, 3.05) is 0 Å². The van der Waals surface area contributed by atoms with E-state index in [2.05, 4.69) is 6.92 Å². The first-order chi connectivity index (χ1) is 11.0. The topological polar surface area (TPSA) is 69.4 Å². The summed E-state index contributed by atoms with van der Waals surface area (Å²) in [6, 6.07) is -0.712. The Kier molecular flexibility index (Phi) is 14.1. The second-order valence-corrected chi connectivity index (χ2v) is 6.85. The van der Waals surface area contributed by atoms with Crippen molar-refractivity contribution in [2.45, 2.75) is 104 Å². The number of rotatable bonds is 14. The van der Waals surface area contributed by atoms with Crippen molar-refractivity contribution in [3.63, 3.8) is 0 Å². The predicted octanol–water partition coefficient (Wildman–Crippen LogP) is 4.74. The van der Waals surface area contributed by atoms with Crippen LogP contribution in [-0.2, 0) is 14.3 Å². The van der Waals surface area contributed by atoms with Gasteiger partial charge in [0.05, 0.1) is 0 Å². The van der Waals surface area contributed by atoms with Crippen molar-refractivity contribution in [1.29, 1.82) is 0 Å². The molecule has 0 radical (unpaired) electrons. The lowest BCUT2D eigenvalue weighted by atomic mass is 10.1. The second kappa shape index (κ2) is 14.7. The highest BCUT2D eigenvalue weighted by molar-refractivity contribution is 5.88. The monoisotopic (exact) mass is 327 g/mol. The molecule has 0 saturated carbocycles. The van der Waals surface area contributed by atoms with Crippen LogP contribution in [0, 0.1) is 5.92 Å². The summed E-state index contributed by atoms with van der Waals surface area (Å²) in [5.74, 6) is -1.06. The molecule has 2 N–H and O–H groups in total. The van der Waals surface area contributed by atoms with Crippen LogP contribution in [0.15, 0.2) is 0 Å². The number of hydrogen-bond acceptors (Lipinski definition) is 4. The van der Waals surface area contributed by atoms with Crippen molar-refractivity contribution < 1.29 is 14.3 Å². The molecule has 4 heteroatoms. The Hall–Kier alpha value is -0.900. The Bertz CT molecular complexity index is 316. The number of carbonyl (C=O) groups is 2. The summed E-state index contributed by atoms with van der Waals surface area (Å²) >= 11 is 0. The molecule has 0 fully saturated rings. The van der Waals surface area contributed by atoms with Gasteiger partial charge in [-0.15, -0.1) is 0 Å². The number of unbranched alkanes of at least 4 members (excludes halogenated alkanes) is 10. The number of hydrogen-bond donors (Lipinski definition) is 1. The number of nitrogens with two attached hydrogens (primary N) is 1. The Balaban J connectivity index is 3.41. The van der Waals surface area contributed by atoms with E-state index in [-0.39, 0.29) is 5.92 Å². The predicted molar refractivity (Wildman–Crippen MR) is 95.0 cm³/mol. The SMILES string of the molecule is CCCCCCCCCCCCCC(=O)OC(=O)C(N)C(C)C. The normalized spacial score (nSPS) is 12.4. The molecule has 0 rings (SSSR count). The number of ether oxygens (including phenoxy) is 1. The maximum absolute atomic E-state index is 11.5. The highest BCUT2D eigenvalue weighted by Gasteiger charge is 2.21. The summed E-state index contributed by atoms with van der Waals surface area (Å²) in [6.07, 6.45) is 13.9. The standard InChI is InChI=1S/C19H37NO3/c1-4-5-6-7-8-9-10-11-12-13-14-15-17(21)23-19(22)18(20)16(2)3/h16,18H,4-15,20H2,1-3H3. The van der Waals surface area contributed by atoms with Crippen LogP contribution >= 0.6 is 0 Å². The Morgan fingerprint density at radius 2 is 1.26 bits per heavy atom. The number of esters is 2. The molecular weight excluding hydrogens is 290 g/mol. The summed E-state index contributed by atoms with van der Waals surface area (Å²) < 4.78 is 4.76. The van der Waals surface area contributed by atoms with Crippen LogP contribution in [0.1, 0.15) is 97.8 Å². The zero-order valence-corrected chi connectivity index (χ0v) is 15.4. The molecule has 0 amide bonds. The first-order valence-corrected chi connectivity index (χ1v) is 9.49. The average molecular weight is 328 g/mol. The summed E-state index contributed by atoms with van der Waals surface area (Å²) in [4.78, 5) is 23.1. The van der Waals surface area contributed by atoms with Crippen LogP contribution in [0.4, 0.5) is 0 Å². The summed E-state index contributed by atoms with van der Waals surface area (Å²) in [7, 11) is 0. The largest absolute Gasteiger partial charge is 0.392 e. The van der Waals surface area contributed by atoms with Crippen molar-refractivity contribution >= 4 is 11.9 Å². The van der Waals surface area contributed by atoms with E-state index in [0.29, 0.717) is 6.42 Å². The van der Waals surface area contributed by atoms with Crippen molar-refractivity contribution in [3.05, 3.63) is 0 Å². The van der Waals surface area contributed by atoms with E-state index < -0.39 is 18.0 Å². The molecule has 1 atom stereocenters. The fourth-order valence-corrected chi connectivity index (χ4v) is 2.44. The fourth-order valence-electron chi connectivity index (χ4n) is 2.44. The van der Waals surface area contributed by atoms with Crippen molar-refractivity contribution in [2.24, 2.45) is 11.7 Å². The molecule has 1 unspecified atom stereocenters. The molecule has 0 aromatic rings. The molecule has 4 nitrogen and oxygen atoms in total. The summed E-state index contributed by atoms with van der Waals surface area (Å²) in [5.41, 5.74) is 5.64. The minimum absolute atomic E-state index is 0.0164. The third-order valence-corrected chi connectivity index (χ3v) is 4.19. The maximum Gasteiger partial charge on any atom is 0.330 e. The van der Waals surface area contributed by atoms with Crippen molar-refractivity contribution in [3.8, 4) is 0 Å². The Labute approximate surface area is 142 Å². The van der Waals surface area contributed by atoms with Gasteiger partial charge in [0.2, 0.25) is 0 Å². The van der Waals surface area contributed by atoms with E-state index in [1.54, 1.807) is 0 Å². The van der Waals surface area contributed by atoms with Gasteiger partial charge in [0, 0.05) is 6.42 Å². The highest BCUT2D eigenvalue weighted by Crippen LogP contribution is 2.12. The van der Waals surface area contributed by atoms with E-state index in [9.17, 15) is 9.59 Å². The van der Waals surface area contributed by atoms with Crippen LogP contribution in [0.25, 0.3) is 0 Å². The van der Waals surface area contributed by atoms with E-state index >= 15 is 0 Å². The minimum atomic E-state index is -0.712. The Morgan fingerprint density at radius 1 is 0.826 bits per heavy atom. The van der Waals surface area contributed by atoms with E-state index in [1.165, 1.54) is 51.4 Å². The van der Waals surface area contributed by atoms with Crippen LogP contribution in [0.5, 0.6) is 0 Å². The van der Waals surface area contributed by atoms with Crippen LogP contribution in [0.3, 0.4) is 0 Å². The smallest absolute Gasteiger partial charge is 0.330 e. The summed E-state index contributed by atoms with van der Waals surface area (Å²) in [6.45, 7) is 5.91. The third-order valence-electron chi connectivity index (χ3n) is 4.19. The van der Waals surface area contributed by atoms with Gasteiger partial charge in [-0.3, -0.25) is 4.79 Å². The van der Waals surface area contributed by atoms with Gasteiger partial charge in [0.25, 0.3) is 0 Å². The van der Waals surface area contributed by atoms with Crippen LogP contribution < -0.4 is 5.73 Å². The molecule has 0 aliphatic heterocycles. The quantitative estimate of drug-likeness (QED) is 0.284. The molecule has 0 aromatic heterocycles. The zero-order chi connectivity index (χ0) is 17.5. The van der Waals surface area contributed by atoms with Gasteiger partial charge in [0.1, 0.15) is 6.04 Å². The highest BCUT2D eigenvalue weighted by atomic mass is 16.6. The van der Waals surface area contributed by atoms with Crippen LogP contribution in [0.2, 0.25) is 0 Å². The van der Waals surface area contributed by atoms with Crippen molar-refractivity contribution in [1.82, 2.24) is 0 Å². The van der Waals surface area contributed by atoms with Gasteiger partial charge in [-0.1, -0.05) is 85.0 Å². The van der Waals surface area contributed by atoms with Gasteiger partial charge in [-0.05, 0) is 12.3 Å². The molecule has 0 aliphatic carbocycles. The molecule has 0 bridgehead atoms. The van der Waals surface area contributed by atoms with E-state index in [0.717, 1.165) is 19.3 Å². The molecule has 23 heavy (non-hydrogen) atoms. The third kappa shape index (κ3) is 13.3. The lowest BCUT2D eigenvalue weighted by molar-refractivity contribution is -0.161. The number of carbonyl (C=O) groups excluding carboxylic acids is 2. The zero-order valence-electron chi connectivity index (χ0n) is 15.4. The maximum atomic E-state index is 11.5. The first kappa shape index (κ1) is 22.1. The van der Waals surface area contributed by atoms with Crippen LogP contribution in [-0.4, -0.2) is 18.0 Å². The van der Waals surface area contributed by atoms with Gasteiger partial charge in [-0.25, -0.2) is 4.79 Å². The minimum Gasteiger partial charge on any atom is -0.392 e. The molecule has 0 saturated heterocycles. The van der Waals surface area contributed by atoms with Gasteiger partial charge >= 0.3 is 11.9 Å². The lowest BCUT2D eigenvalue weighted by Crippen LogP contribution is -2.38. The molecule has 136 valence electrons. The molecule has 0 heterocycles. The van der Waals surface area contributed by atoms with Gasteiger partial charge in [-0.2, -0.15) is 0 Å². The lowest BCUT2D eigenvalue weighted by Gasteiger charge is -2.13. The summed E-state index contributed by atoms with van der Waals surface area (Å²) in [5, 5.41) is 0.